The predicted molar refractivity (Wildman–Crippen MR) is 154 cm³/mol. The van der Waals surface area contributed by atoms with Crippen LogP contribution in [0.5, 0.6) is 0 Å². The molecule has 0 unspecified atom stereocenters. The maximum atomic E-state index is 13.4. The number of amides is 5. The molecule has 2 aromatic carbocycles. The van der Waals surface area contributed by atoms with Crippen LogP contribution in [0, 0.1) is 0 Å². The van der Waals surface area contributed by atoms with Crippen molar-refractivity contribution >= 4 is 52.4 Å². The van der Waals surface area contributed by atoms with Gasteiger partial charge < -0.3 is 15.1 Å². The van der Waals surface area contributed by atoms with Gasteiger partial charge in [-0.3, -0.25) is 14.6 Å². The molecular weight excluding hydrogens is 537 g/mol. The lowest BCUT2D eigenvalue weighted by atomic mass is 10.0. The molecule has 5 rings (SSSR count). The normalized spacial score (nSPS) is 18.6. The van der Waals surface area contributed by atoms with Gasteiger partial charge in [-0.05, 0) is 56.4 Å². The maximum absolute atomic E-state index is 13.4. The van der Waals surface area contributed by atoms with Crippen molar-refractivity contribution in [2.24, 2.45) is 0 Å². The fourth-order valence-corrected chi connectivity index (χ4v) is 5.98. The van der Waals surface area contributed by atoms with E-state index in [1.165, 1.54) is 4.90 Å². The van der Waals surface area contributed by atoms with E-state index in [0.717, 1.165) is 28.8 Å². The van der Waals surface area contributed by atoms with Crippen LogP contribution in [0.4, 0.5) is 15.3 Å². The second-order valence-electron chi connectivity index (χ2n) is 10.5. The van der Waals surface area contributed by atoms with Crippen LogP contribution in [0.2, 0.25) is 10.0 Å². The fourth-order valence-electron chi connectivity index (χ4n) is 5.56. The summed E-state index contributed by atoms with van der Waals surface area (Å²) >= 11 is 12.7. The molecule has 1 N–H and O–H groups in total. The third-order valence-electron chi connectivity index (χ3n) is 7.69. The van der Waals surface area contributed by atoms with Crippen molar-refractivity contribution in [1.29, 1.82) is 0 Å². The number of likely N-dealkylation sites (tertiary alicyclic amines) is 1. The Morgan fingerprint density at radius 2 is 1.79 bits per heavy atom. The van der Waals surface area contributed by atoms with Crippen LogP contribution < -0.4 is 10.2 Å². The number of anilines is 1. The molecule has 206 valence electrons. The highest BCUT2D eigenvalue weighted by Gasteiger charge is 2.35. The van der Waals surface area contributed by atoms with E-state index in [2.05, 4.69) is 11.4 Å². The van der Waals surface area contributed by atoms with Crippen molar-refractivity contribution < 1.29 is 14.4 Å². The number of para-hydroxylation sites is 1. The molecule has 0 atom stereocenters. The van der Waals surface area contributed by atoms with Crippen molar-refractivity contribution in [2.45, 2.75) is 45.2 Å². The number of halogens is 2. The first-order valence-corrected chi connectivity index (χ1v) is 14.1. The Bertz CT molecular complexity index is 1310. The highest BCUT2D eigenvalue weighted by atomic mass is 35.5. The lowest BCUT2D eigenvalue weighted by Crippen LogP contribution is -2.54. The second kappa shape index (κ2) is 11.5. The summed E-state index contributed by atoms with van der Waals surface area (Å²) in [5.41, 5.74) is 3.67. The van der Waals surface area contributed by atoms with Crippen LogP contribution in [0.3, 0.4) is 0 Å². The molecule has 0 aliphatic carbocycles. The standard InChI is InChI=1S/C29H33Cl2N5O3/c1-19(2)35-17-21(23-7-5-8-24(30)27(23)31)16-34(29(35)39)18-26(37)33-14-11-22(12-15-33)36-25-9-4-3-6-20(25)10-13-32-28(36)38/h3-9,16,19,22H,10-15,17-18H2,1-2H3,(H,32,38). The first-order chi connectivity index (χ1) is 18.7. The number of hydrogen-bond acceptors (Lipinski definition) is 3. The lowest BCUT2D eigenvalue weighted by Gasteiger charge is -2.40. The van der Waals surface area contributed by atoms with Gasteiger partial charge in [0.1, 0.15) is 6.54 Å². The molecule has 3 aliphatic rings. The van der Waals surface area contributed by atoms with Crippen LogP contribution in [0.1, 0.15) is 37.8 Å². The summed E-state index contributed by atoms with van der Waals surface area (Å²) in [7, 11) is 0. The summed E-state index contributed by atoms with van der Waals surface area (Å²) in [6.45, 7) is 5.85. The largest absolute Gasteiger partial charge is 0.341 e. The molecule has 2 aromatic rings. The van der Waals surface area contributed by atoms with Gasteiger partial charge in [0.2, 0.25) is 5.91 Å². The van der Waals surface area contributed by atoms with E-state index >= 15 is 0 Å². The third kappa shape index (κ3) is 5.58. The number of urea groups is 2. The van der Waals surface area contributed by atoms with Crippen LogP contribution in [-0.2, 0) is 11.2 Å². The smallest absolute Gasteiger partial charge is 0.325 e. The minimum atomic E-state index is -0.215. The topological polar surface area (TPSA) is 76.2 Å². The molecule has 39 heavy (non-hydrogen) atoms. The number of benzene rings is 2. The number of carbonyl (C=O) groups is 3. The quantitative estimate of drug-likeness (QED) is 0.534. The molecule has 3 heterocycles. The van der Waals surface area contributed by atoms with Crippen molar-refractivity contribution in [3.05, 3.63) is 69.8 Å². The van der Waals surface area contributed by atoms with Gasteiger partial charge in [-0.2, -0.15) is 0 Å². The first kappa shape index (κ1) is 27.3. The van der Waals surface area contributed by atoms with Crippen molar-refractivity contribution in [1.82, 2.24) is 20.0 Å². The summed E-state index contributed by atoms with van der Waals surface area (Å²) < 4.78 is 0. The molecule has 5 amide bonds. The van der Waals surface area contributed by atoms with E-state index in [0.29, 0.717) is 49.1 Å². The molecule has 0 aromatic heterocycles. The highest BCUT2D eigenvalue weighted by Crippen LogP contribution is 2.34. The zero-order chi connectivity index (χ0) is 27.7. The number of rotatable bonds is 5. The molecule has 8 nitrogen and oxygen atoms in total. The van der Waals surface area contributed by atoms with Crippen molar-refractivity contribution in [2.75, 3.05) is 37.6 Å². The van der Waals surface area contributed by atoms with E-state index < -0.39 is 0 Å². The fraction of sp³-hybridized carbons (Fsp3) is 0.414. The molecule has 0 spiro atoms. The average Bonchev–Trinajstić information content (AvgIpc) is 3.09. The summed E-state index contributed by atoms with van der Waals surface area (Å²) in [6.07, 6.45) is 3.85. The zero-order valence-corrected chi connectivity index (χ0v) is 23.7. The number of fused-ring (bicyclic) bond motifs is 1. The molecule has 1 fully saturated rings. The lowest BCUT2D eigenvalue weighted by molar-refractivity contribution is -0.132. The van der Waals surface area contributed by atoms with Gasteiger partial charge in [0, 0.05) is 55.7 Å². The van der Waals surface area contributed by atoms with Crippen LogP contribution in [0.25, 0.3) is 5.57 Å². The Hall–Kier alpha value is -3.23. The summed E-state index contributed by atoms with van der Waals surface area (Å²) in [5.74, 6) is -0.124. The van der Waals surface area contributed by atoms with Gasteiger partial charge in [-0.25, -0.2) is 9.59 Å². The number of hydrogen-bond donors (Lipinski definition) is 1. The number of nitrogens with one attached hydrogen (secondary N) is 1. The van der Waals surface area contributed by atoms with Gasteiger partial charge in [0.15, 0.2) is 0 Å². The van der Waals surface area contributed by atoms with Gasteiger partial charge in [-0.15, -0.1) is 0 Å². The number of nitrogens with zero attached hydrogens (tertiary/aromatic N) is 4. The van der Waals surface area contributed by atoms with E-state index in [9.17, 15) is 14.4 Å². The molecule has 10 heteroatoms. The number of piperidine rings is 1. The van der Waals surface area contributed by atoms with Gasteiger partial charge >= 0.3 is 12.1 Å². The molecule has 0 saturated carbocycles. The summed E-state index contributed by atoms with van der Waals surface area (Å²) in [5, 5.41) is 3.87. The molecular formula is C29H33Cl2N5O3. The van der Waals surface area contributed by atoms with Gasteiger partial charge in [-0.1, -0.05) is 53.5 Å². The zero-order valence-electron chi connectivity index (χ0n) is 22.2. The van der Waals surface area contributed by atoms with Gasteiger partial charge in [0.05, 0.1) is 10.0 Å². The van der Waals surface area contributed by atoms with E-state index in [-0.39, 0.29) is 36.6 Å². The molecule has 0 bridgehead atoms. The molecule has 1 saturated heterocycles. The van der Waals surface area contributed by atoms with Crippen LogP contribution >= 0.6 is 23.2 Å². The average molecular weight is 571 g/mol. The SMILES string of the molecule is CC(C)N1CC(c2cccc(Cl)c2Cl)=CN(CC(=O)N2CCC(N3C(=O)NCCc4ccccc43)CC2)C1=O. The Balaban J connectivity index is 1.29. The summed E-state index contributed by atoms with van der Waals surface area (Å²) in [6, 6.07) is 13.1. The minimum Gasteiger partial charge on any atom is -0.341 e. The van der Waals surface area contributed by atoms with E-state index in [1.807, 2.05) is 49.1 Å². The third-order valence-corrected chi connectivity index (χ3v) is 8.51. The highest BCUT2D eigenvalue weighted by molar-refractivity contribution is 6.43. The van der Waals surface area contributed by atoms with Crippen molar-refractivity contribution in [3.8, 4) is 0 Å². The van der Waals surface area contributed by atoms with Gasteiger partial charge in [0.25, 0.3) is 0 Å². The predicted octanol–water partition coefficient (Wildman–Crippen LogP) is 5.24. The Morgan fingerprint density at radius 1 is 1.05 bits per heavy atom. The monoisotopic (exact) mass is 569 g/mol. The van der Waals surface area contributed by atoms with Crippen LogP contribution in [-0.4, -0.2) is 77.5 Å². The Kier molecular flexibility index (Phi) is 8.05. The Labute approximate surface area is 239 Å². The van der Waals surface area contributed by atoms with E-state index in [1.54, 1.807) is 22.1 Å². The Morgan fingerprint density at radius 3 is 2.54 bits per heavy atom. The second-order valence-corrected chi connectivity index (χ2v) is 11.3. The van der Waals surface area contributed by atoms with Crippen molar-refractivity contribution in [3.63, 3.8) is 0 Å². The molecule has 3 aliphatic heterocycles. The minimum absolute atomic E-state index is 0.00202. The van der Waals surface area contributed by atoms with E-state index in [4.69, 9.17) is 23.2 Å². The van der Waals surface area contributed by atoms with Crippen LogP contribution in [0.15, 0.2) is 48.7 Å². The maximum Gasteiger partial charge on any atom is 0.325 e. The number of carbonyl (C=O) groups excluding carboxylic acids is 3. The summed E-state index contributed by atoms with van der Waals surface area (Å²) in [4.78, 5) is 46.5. The first-order valence-electron chi connectivity index (χ1n) is 13.4. The molecule has 0 radical (unpaired) electrons.